The molecule has 2 aliphatic heterocycles. The Morgan fingerprint density at radius 1 is 1.28 bits per heavy atom. The molecular weight excluding hydrogens is 340 g/mol. The number of thiazole rings is 1. The number of para-hydroxylation sites is 2. The molecule has 0 unspecified atom stereocenters. The van der Waals surface area contributed by atoms with Crippen molar-refractivity contribution >= 4 is 17.2 Å². The summed E-state index contributed by atoms with van der Waals surface area (Å²) in [6.45, 7) is 2.55. The second kappa shape index (κ2) is 7.41. The van der Waals surface area contributed by atoms with Crippen LogP contribution in [0.2, 0.25) is 0 Å². The molecule has 0 radical (unpaired) electrons. The lowest BCUT2D eigenvalue weighted by atomic mass is 10.1. The smallest absolute Gasteiger partial charge is 0.228 e. The zero-order valence-electron chi connectivity index (χ0n) is 13.8. The summed E-state index contributed by atoms with van der Waals surface area (Å²) in [6, 6.07) is 7.61. The van der Waals surface area contributed by atoms with E-state index in [1.807, 2.05) is 34.5 Å². The second-order valence-corrected chi connectivity index (χ2v) is 7.18. The van der Waals surface area contributed by atoms with Gasteiger partial charge in [-0.25, -0.2) is 4.98 Å². The van der Waals surface area contributed by atoms with Gasteiger partial charge in [-0.1, -0.05) is 12.1 Å². The molecule has 1 aromatic heterocycles. The Kier molecular flexibility index (Phi) is 4.85. The first kappa shape index (κ1) is 16.4. The molecule has 1 amide bonds. The molecular formula is C18H20N2O4S. The number of amides is 1. The molecule has 25 heavy (non-hydrogen) atoms. The molecule has 6 nitrogen and oxygen atoms in total. The van der Waals surface area contributed by atoms with E-state index in [1.165, 1.54) is 0 Å². The SMILES string of the molecule is O=C([C@H]1CCOC1)N(Cc1nccs1)C[C@@H]1COc2ccccc2O1. The van der Waals surface area contributed by atoms with Crippen molar-refractivity contribution in [1.29, 1.82) is 0 Å². The number of hydrogen-bond donors (Lipinski definition) is 0. The lowest BCUT2D eigenvalue weighted by Crippen LogP contribution is -2.45. The highest BCUT2D eigenvalue weighted by Crippen LogP contribution is 2.31. The highest BCUT2D eigenvalue weighted by molar-refractivity contribution is 7.09. The minimum Gasteiger partial charge on any atom is -0.486 e. The van der Waals surface area contributed by atoms with Crippen molar-refractivity contribution in [2.45, 2.75) is 19.1 Å². The van der Waals surface area contributed by atoms with Crippen molar-refractivity contribution in [1.82, 2.24) is 9.88 Å². The van der Waals surface area contributed by atoms with Gasteiger partial charge in [0.2, 0.25) is 5.91 Å². The van der Waals surface area contributed by atoms with E-state index >= 15 is 0 Å². The van der Waals surface area contributed by atoms with Crippen LogP contribution in [0.15, 0.2) is 35.8 Å². The summed E-state index contributed by atoms with van der Waals surface area (Å²) in [7, 11) is 0. The van der Waals surface area contributed by atoms with Crippen LogP contribution in [0.5, 0.6) is 11.5 Å². The topological polar surface area (TPSA) is 60.9 Å². The van der Waals surface area contributed by atoms with Gasteiger partial charge in [0.05, 0.1) is 25.6 Å². The van der Waals surface area contributed by atoms with E-state index in [0.29, 0.717) is 32.9 Å². The van der Waals surface area contributed by atoms with Crippen molar-refractivity contribution in [2.75, 3.05) is 26.4 Å². The third-order valence-corrected chi connectivity index (χ3v) is 5.16. The molecule has 0 bridgehead atoms. The molecule has 132 valence electrons. The molecule has 0 saturated carbocycles. The van der Waals surface area contributed by atoms with Gasteiger partial charge in [0.25, 0.3) is 0 Å². The molecule has 2 atom stereocenters. The predicted molar refractivity (Wildman–Crippen MR) is 92.8 cm³/mol. The van der Waals surface area contributed by atoms with Gasteiger partial charge in [-0.05, 0) is 18.6 Å². The van der Waals surface area contributed by atoms with E-state index < -0.39 is 0 Å². The molecule has 2 aliphatic rings. The van der Waals surface area contributed by atoms with E-state index in [2.05, 4.69) is 4.98 Å². The first-order valence-electron chi connectivity index (χ1n) is 8.43. The average molecular weight is 360 g/mol. The molecule has 3 heterocycles. The van der Waals surface area contributed by atoms with Crippen LogP contribution in [0.25, 0.3) is 0 Å². The summed E-state index contributed by atoms with van der Waals surface area (Å²) in [6.07, 6.45) is 2.34. The van der Waals surface area contributed by atoms with Crippen molar-refractivity contribution in [3.63, 3.8) is 0 Å². The van der Waals surface area contributed by atoms with Crippen LogP contribution in [-0.2, 0) is 16.1 Å². The molecule has 0 N–H and O–H groups in total. The van der Waals surface area contributed by atoms with Gasteiger partial charge >= 0.3 is 0 Å². The Morgan fingerprint density at radius 3 is 2.92 bits per heavy atom. The van der Waals surface area contributed by atoms with Gasteiger partial charge < -0.3 is 19.1 Å². The summed E-state index contributed by atoms with van der Waals surface area (Å²) in [5.74, 6) is 1.51. The van der Waals surface area contributed by atoms with Gasteiger partial charge in [-0.2, -0.15) is 0 Å². The number of carbonyl (C=O) groups is 1. The Labute approximate surface area is 150 Å². The van der Waals surface area contributed by atoms with Gasteiger partial charge in [-0.15, -0.1) is 11.3 Å². The first-order valence-corrected chi connectivity index (χ1v) is 9.31. The number of aromatic nitrogens is 1. The Bertz CT molecular complexity index is 716. The number of fused-ring (bicyclic) bond motifs is 1. The lowest BCUT2D eigenvalue weighted by Gasteiger charge is -2.32. The quantitative estimate of drug-likeness (QED) is 0.819. The van der Waals surface area contributed by atoms with Crippen molar-refractivity contribution in [3.8, 4) is 11.5 Å². The number of hydrogen-bond acceptors (Lipinski definition) is 6. The number of nitrogens with zero attached hydrogens (tertiary/aromatic N) is 2. The summed E-state index contributed by atoms with van der Waals surface area (Å²) in [5.41, 5.74) is 0. The number of rotatable bonds is 5. The summed E-state index contributed by atoms with van der Waals surface area (Å²) >= 11 is 1.55. The zero-order valence-corrected chi connectivity index (χ0v) is 14.6. The van der Waals surface area contributed by atoms with Gasteiger partial charge in [-0.3, -0.25) is 4.79 Å². The third kappa shape index (κ3) is 3.77. The average Bonchev–Trinajstić information content (AvgIpc) is 3.34. The molecule has 1 fully saturated rings. The summed E-state index contributed by atoms with van der Waals surface area (Å²) in [4.78, 5) is 19.1. The van der Waals surface area contributed by atoms with Crippen molar-refractivity contribution < 1.29 is 19.0 Å². The number of carbonyl (C=O) groups excluding carboxylic acids is 1. The first-order chi connectivity index (χ1) is 12.3. The predicted octanol–water partition coefficient (Wildman–Crippen LogP) is 2.35. The number of benzene rings is 1. The summed E-state index contributed by atoms with van der Waals surface area (Å²) in [5, 5.41) is 2.84. The van der Waals surface area contributed by atoms with E-state index in [-0.39, 0.29) is 17.9 Å². The van der Waals surface area contributed by atoms with Crippen LogP contribution in [0.1, 0.15) is 11.4 Å². The fourth-order valence-electron chi connectivity index (χ4n) is 3.11. The maximum Gasteiger partial charge on any atom is 0.228 e. The minimum absolute atomic E-state index is 0.0724. The molecule has 1 saturated heterocycles. The van der Waals surface area contributed by atoms with Crippen LogP contribution in [-0.4, -0.2) is 48.3 Å². The second-order valence-electron chi connectivity index (χ2n) is 6.20. The van der Waals surface area contributed by atoms with Gasteiger partial charge in [0.1, 0.15) is 11.6 Å². The third-order valence-electron chi connectivity index (χ3n) is 4.39. The van der Waals surface area contributed by atoms with Crippen molar-refractivity contribution in [2.24, 2.45) is 5.92 Å². The fraction of sp³-hybridized carbons (Fsp3) is 0.444. The molecule has 7 heteroatoms. The highest BCUT2D eigenvalue weighted by Gasteiger charge is 2.31. The molecule has 0 spiro atoms. The minimum atomic E-state index is -0.193. The van der Waals surface area contributed by atoms with Crippen LogP contribution in [0.4, 0.5) is 0 Å². The van der Waals surface area contributed by atoms with E-state index in [9.17, 15) is 4.79 Å². The Balaban J connectivity index is 1.47. The maximum absolute atomic E-state index is 12.9. The Hall–Kier alpha value is -2.12. The highest BCUT2D eigenvalue weighted by atomic mass is 32.1. The van der Waals surface area contributed by atoms with Crippen molar-refractivity contribution in [3.05, 3.63) is 40.8 Å². The van der Waals surface area contributed by atoms with Crippen LogP contribution < -0.4 is 9.47 Å². The van der Waals surface area contributed by atoms with Crippen LogP contribution in [0.3, 0.4) is 0 Å². The molecule has 4 rings (SSSR count). The van der Waals surface area contributed by atoms with E-state index in [0.717, 1.165) is 22.9 Å². The van der Waals surface area contributed by atoms with Crippen LogP contribution >= 0.6 is 11.3 Å². The fourth-order valence-corrected chi connectivity index (χ4v) is 3.74. The van der Waals surface area contributed by atoms with E-state index in [4.69, 9.17) is 14.2 Å². The van der Waals surface area contributed by atoms with E-state index in [1.54, 1.807) is 17.5 Å². The largest absolute Gasteiger partial charge is 0.486 e. The monoisotopic (exact) mass is 360 g/mol. The standard InChI is InChI=1S/C18H20N2O4S/c21-18(13-5-7-22-11-13)20(10-17-19-6-8-25-17)9-14-12-23-15-3-1-2-4-16(15)24-14/h1-4,6,8,13-14H,5,7,9-12H2/t13-,14+/m0/s1. The van der Waals surface area contributed by atoms with Crippen LogP contribution in [0, 0.1) is 5.92 Å². The van der Waals surface area contributed by atoms with Gasteiger partial charge in [0.15, 0.2) is 17.6 Å². The number of ether oxygens (including phenoxy) is 3. The molecule has 0 aliphatic carbocycles. The summed E-state index contributed by atoms with van der Waals surface area (Å²) < 4.78 is 17.2. The zero-order chi connectivity index (χ0) is 17.1. The maximum atomic E-state index is 12.9. The molecule has 1 aromatic carbocycles. The molecule has 2 aromatic rings. The lowest BCUT2D eigenvalue weighted by molar-refractivity contribution is -0.137. The van der Waals surface area contributed by atoms with Gasteiger partial charge in [0, 0.05) is 18.2 Å². The Morgan fingerprint density at radius 2 is 2.16 bits per heavy atom. The normalized spacial score (nSPS) is 21.9.